The smallest absolute Gasteiger partial charge is 0.222 e. The second-order valence-electron chi connectivity index (χ2n) is 7.13. The Morgan fingerprint density at radius 1 is 1.16 bits per heavy atom. The van der Waals surface area contributed by atoms with E-state index in [9.17, 15) is 4.79 Å². The minimum atomic E-state index is 0.147. The highest BCUT2D eigenvalue weighted by Gasteiger charge is 2.39. The standard InChI is InChI=1S/C20H25N3O2/c24-13-3-11-23-18-10-12-22(14-16(18)7-9-20(23)25)19-8-6-15-4-1-2-5-17(15)21-19/h1-2,4-6,8,16,18,24H,3,7,9-14H2/t16-,18+/m0/s1. The molecule has 3 heterocycles. The largest absolute Gasteiger partial charge is 0.396 e. The highest BCUT2D eigenvalue weighted by molar-refractivity contribution is 5.80. The second-order valence-corrected chi connectivity index (χ2v) is 7.13. The lowest BCUT2D eigenvalue weighted by Crippen LogP contribution is -2.56. The number of likely N-dealkylation sites (tertiary alicyclic amines) is 1. The molecule has 132 valence electrons. The van der Waals surface area contributed by atoms with Crippen LogP contribution in [0, 0.1) is 5.92 Å². The number of carbonyl (C=O) groups excluding carboxylic acids is 1. The molecule has 4 rings (SSSR count). The molecule has 5 nitrogen and oxygen atoms in total. The van der Waals surface area contributed by atoms with Crippen molar-refractivity contribution in [2.75, 3.05) is 31.1 Å². The molecule has 2 atom stereocenters. The Balaban J connectivity index is 1.51. The first-order chi connectivity index (χ1) is 12.3. The fraction of sp³-hybridized carbons (Fsp3) is 0.500. The fourth-order valence-electron chi connectivity index (χ4n) is 4.32. The van der Waals surface area contributed by atoms with Gasteiger partial charge in [0.05, 0.1) is 5.52 Å². The average Bonchev–Trinajstić information content (AvgIpc) is 2.66. The minimum absolute atomic E-state index is 0.147. The van der Waals surface area contributed by atoms with Crippen molar-refractivity contribution in [2.45, 2.75) is 31.7 Å². The van der Waals surface area contributed by atoms with Crippen LogP contribution in [0.5, 0.6) is 0 Å². The van der Waals surface area contributed by atoms with Gasteiger partial charge in [0.15, 0.2) is 0 Å². The molecule has 2 aromatic rings. The molecule has 2 aliphatic heterocycles. The maximum Gasteiger partial charge on any atom is 0.222 e. The van der Waals surface area contributed by atoms with Crippen LogP contribution < -0.4 is 4.90 Å². The van der Waals surface area contributed by atoms with Gasteiger partial charge >= 0.3 is 0 Å². The molecule has 2 saturated heterocycles. The summed E-state index contributed by atoms with van der Waals surface area (Å²) in [7, 11) is 0. The number of fused-ring (bicyclic) bond motifs is 2. The zero-order chi connectivity index (χ0) is 17.2. The number of para-hydroxylation sites is 1. The van der Waals surface area contributed by atoms with Crippen LogP contribution in [0.1, 0.15) is 25.7 Å². The zero-order valence-electron chi connectivity index (χ0n) is 14.5. The van der Waals surface area contributed by atoms with Gasteiger partial charge in [-0.15, -0.1) is 0 Å². The van der Waals surface area contributed by atoms with E-state index in [0.717, 1.165) is 37.3 Å². The maximum atomic E-state index is 12.3. The van der Waals surface area contributed by atoms with E-state index in [2.05, 4.69) is 29.2 Å². The summed E-state index contributed by atoms with van der Waals surface area (Å²) in [6.07, 6.45) is 3.25. The molecule has 1 aromatic heterocycles. The average molecular weight is 339 g/mol. The van der Waals surface area contributed by atoms with Crippen molar-refractivity contribution in [3.05, 3.63) is 36.4 Å². The van der Waals surface area contributed by atoms with E-state index in [-0.39, 0.29) is 12.5 Å². The second kappa shape index (κ2) is 7.00. The molecule has 1 aromatic carbocycles. The summed E-state index contributed by atoms with van der Waals surface area (Å²) >= 11 is 0. The number of aliphatic hydroxyl groups is 1. The summed E-state index contributed by atoms with van der Waals surface area (Å²) in [5, 5.41) is 10.3. The number of carbonyl (C=O) groups is 1. The van der Waals surface area contributed by atoms with E-state index in [1.807, 2.05) is 17.0 Å². The molecule has 1 amide bonds. The first kappa shape index (κ1) is 16.3. The molecule has 25 heavy (non-hydrogen) atoms. The molecular formula is C20H25N3O2. The number of nitrogens with zero attached hydrogens (tertiary/aromatic N) is 3. The van der Waals surface area contributed by atoms with Crippen molar-refractivity contribution in [3.63, 3.8) is 0 Å². The van der Waals surface area contributed by atoms with Gasteiger partial charge in [0.2, 0.25) is 5.91 Å². The van der Waals surface area contributed by atoms with Gasteiger partial charge in [-0.3, -0.25) is 4.79 Å². The first-order valence-corrected chi connectivity index (χ1v) is 9.27. The lowest BCUT2D eigenvalue weighted by molar-refractivity contribution is -0.139. The monoisotopic (exact) mass is 339 g/mol. The topological polar surface area (TPSA) is 56.7 Å². The number of aliphatic hydroxyl groups excluding tert-OH is 1. The van der Waals surface area contributed by atoms with Crippen LogP contribution in [-0.4, -0.2) is 53.2 Å². The normalized spacial score (nSPS) is 23.8. The number of benzene rings is 1. The molecule has 1 N–H and O–H groups in total. The van der Waals surface area contributed by atoms with Crippen LogP contribution in [0.4, 0.5) is 5.82 Å². The quantitative estimate of drug-likeness (QED) is 0.929. The summed E-state index contributed by atoms with van der Waals surface area (Å²) in [5.74, 6) is 1.79. The first-order valence-electron chi connectivity index (χ1n) is 9.27. The third kappa shape index (κ3) is 3.21. The predicted molar refractivity (Wildman–Crippen MR) is 98.5 cm³/mol. The summed E-state index contributed by atoms with van der Waals surface area (Å²) in [6, 6.07) is 12.8. The minimum Gasteiger partial charge on any atom is -0.396 e. The Morgan fingerprint density at radius 2 is 2.04 bits per heavy atom. The number of aromatic nitrogens is 1. The van der Waals surface area contributed by atoms with E-state index in [1.54, 1.807) is 0 Å². The molecule has 0 bridgehead atoms. The van der Waals surface area contributed by atoms with Crippen molar-refractivity contribution in [1.29, 1.82) is 0 Å². The molecule has 0 aliphatic carbocycles. The Kier molecular flexibility index (Phi) is 4.57. The zero-order valence-corrected chi connectivity index (χ0v) is 14.5. The van der Waals surface area contributed by atoms with Gasteiger partial charge in [0.25, 0.3) is 0 Å². The third-order valence-electron chi connectivity index (χ3n) is 5.61. The van der Waals surface area contributed by atoms with Gasteiger partial charge in [0.1, 0.15) is 5.82 Å². The predicted octanol–water partition coefficient (Wildman–Crippen LogP) is 2.43. The lowest BCUT2D eigenvalue weighted by Gasteiger charge is -2.47. The van der Waals surface area contributed by atoms with Gasteiger partial charge in [-0.25, -0.2) is 4.98 Å². The Hall–Kier alpha value is -2.14. The number of rotatable bonds is 4. The molecule has 5 heteroatoms. The van der Waals surface area contributed by atoms with Crippen molar-refractivity contribution >= 4 is 22.6 Å². The summed E-state index contributed by atoms with van der Waals surface area (Å²) < 4.78 is 0. The SMILES string of the molecule is O=C1CC[C@H]2CN(c3ccc4ccccc4n3)CC[C@H]2N1CCCO. The van der Waals surface area contributed by atoms with Gasteiger partial charge in [-0.05, 0) is 43.4 Å². The van der Waals surface area contributed by atoms with E-state index >= 15 is 0 Å². The number of pyridine rings is 1. The number of hydrogen-bond acceptors (Lipinski definition) is 4. The molecule has 0 radical (unpaired) electrons. The van der Waals surface area contributed by atoms with Gasteiger partial charge in [-0.1, -0.05) is 18.2 Å². The Morgan fingerprint density at radius 3 is 2.92 bits per heavy atom. The fourth-order valence-corrected chi connectivity index (χ4v) is 4.32. The Bertz CT molecular complexity index is 763. The number of anilines is 1. The van der Waals surface area contributed by atoms with Gasteiger partial charge in [0, 0.05) is 44.1 Å². The van der Waals surface area contributed by atoms with E-state index in [4.69, 9.17) is 10.1 Å². The van der Waals surface area contributed by atoms with E-state index in [1.165, 1.54) is 5.39 Å². The molecule has 2 aliphatic rings. The van der Waals surface area contributed by atoms with Crippen LogP contribution in [0.3, 0.4) is 0 Å². The van der Waals surface area contributed by atoms with E-state index < -0.39 is 0 Å². The summed E-state index contributed by atoms with van der Waals surface area (Å²) in [5.41, 5.74) is 1.03. The maximum absolute atomic E-state index is 12.3. The van der Waals surface area contributed by atoms with Crippen LogP contribution in [0.25, 0.3) is 10.9 Å². The highest BCUT2D eigenvalue weighted by atomic mass is 16.3. The molecule has 0 spiro atoms. The number of hydrogen-bond donors (Lipinski definition) is 1. The summed E-state index contributed by atoms with van der Waals surface area (Å²) in [4.78, 5) is 21.5. The third-order valence-corrected chi connectivity index (χ3v) is 5.61. The van der Waals surface area contributed by atoms with Crippen molar-refractivity contribution in [3.8, 4) is 0 Å². The van der Waals surface area contributed by atoms with Crippen molar-refractivity contribution in [2.24, 2.45) is 5.92 Å². The van der Waals surface area contributed by atoms with Crippen LogP contribution in [0.2, 0.25) is 0 Å². The molecular weight excluding hydrogens is 314 g/mol. The Labute approximate surface area is 148 Å². The van der Waals surface area contributed by atoms with Gasteiger partial charge < -0.3 is 14.9 Å². The van der Waals surface area contributed by atoms with Crippen molar-refractivity contribution in [1.82, 2.24) is 9.88 Å². The summed E-state index contributed by atoms with van der Waals surface area (Å²) in [6.45, 7) is 2.72. The van der Waals surface area contributed by atoms with Crippen molar-refractivity contribution < 1.29 is 9.90 Å². The number of piperidine rings is 2. The molecule has 2 fully saturated rings. The number of amides is 1. The van der Waals surface area contributed by atoms with Crippen LogP contribution in [0.15, 0.2) is 36.4 Å². The molecule has 0 unspecified atom stereocenters. The lowest BCUT2D eigenvalue weighted by atomic mass is 9.83. The van der Waals surface area contributed by atoms with Crippen LogP contribution in [-0.2, 0) is 4.79 Å². The molecule has 0 saturated carbocycles. The van der Waals surface area contributed by atoms with Crippen LogP contribution >= 0.6 is 0 Å². The van der Waals surface area contributed by atoms with Gasteiger partial charge in [-0.2, -0.15) is 0 Å². The highest BCUT2D eigenvalue weighted by Crippen LogP contribution is 2.33. The van der Waals surface area contributed by atoms with E-state index in [0.29, 0.717) is 31.3 Å².